The average Bonchev–Trinajstić information content (AvgIpc) is 3.25. The number of carbonyl (C=O) groups is 4. The number of nitrogens with zero attached hydrogens (tertiary/aromatic N) is 1. The third-order valence-electron chi connectivity index (χ3n) is 12.5. The van der Waals surface area contributed by atoms with Gasteiger partial charge in [-0.15, -0.1) is 0 Å². The molecule has 2 N–H and O–H groups in total. The third kappa shape index (κ3) is 25.6. The number of aliphatic hydroxyl groups is 1. The van der Waals surface area contributed by atoms with Gasteiger partial charge < -0.3 is 46.7 Å². The molecule has 6 unspecified atom stereocenters. The maximum Gasteiger partial charge on any atom is 0.500 e. The number of quaternary nitrogens is 1. The zero-order valence-electron chi connectivity index (χ0n) is 44.3. The first-order chi connectivity index (χ1) is 31.2. The predicted molar refractivity (Wildman–Crippen MR) is 260 cm³/mol. The smallest absolute Gasteiger partial charge is 0.465 e. The Hall–Kier alpha value is -1.99. The summed E-state index contributed by atoms with van der Waals surface area (Å²) in [6, 6.07) is 0.398. The molecule has 0 rings (SSSR count). The Balaban J connectivity index is 6.73. The van der Waals surface area contributed by atoms with Gasteiger partial charge in [-0.25, -0.2) is 4.57 Å². The highest BCUT2D eigenvalue weighted by molar-refractivity contribution is 7.47. The summed E-state index contributed by atoms with van der Waals surface area (Å²) in [5.74, 6) is -2.58. The van der Waals surface area contributed by atoms with Crippen LogP contribution in [-0.2, 0) is 65.0 Å². The molecule has 19 heteroatoms. The Kier molecular flexibility index (Phi) is 31.1. The van der Waals surface area contributed by atoms with Crippen LogP contribution in [0.15, 0.2) is 0 Å². The largest absolute Gasteiger partial charge is 0.500 e. The van der Waals surface area contributed by atoms with Crippen molar-refractivity contribution in [3.8, 4) is 0 Å². The molecular formula is C48H95NO16PSi+. The van der Waals surface area contributed by atoms with Gasteiger partial charge in [0.1, 0.15) is 26.4 Å². The van der Waals surface area contributed by atoms with Crippen LogP contribution >= 0.6 is 7.82 Å². The van der Waals surface area contributed by atoms with E-state index in [1.807, 2.05) is 35.0 Å². The van der Waals surface area contributed by atoms with Gasteiger partial charge in [0.15, 0.2) is 0 Å². The van der Waals surface area contributed by atoms with Crippen LogP contribution < -0.4 is 0 Å². The Morgan fingerprint density at radius 3 is 1.46 bits per heavy atom. The second-order valence-electron chi connectivity index (χ2n) is 20.5. The number of likely N-dealkylation sites (N-methyl/N-ethyl adjacent to an activating group) is 1. The van der Waals surface area contributed by atoms with E-state index in [4.69, 9.17) is 41.3 Å². The van der Waals surface area contributed by atoms with E-state index in [2.05, 4.69) is 6.92 Å². The molecular weight excluding hydrogens is 906 g/mol. The fourth-order valence-electron chi connectivity index (χ4n) is 8.56. The molecule has 0 aromatic rings. The van der Waals surface area contributed by atoms with Crippen molar-refractivity contribution in [2.24, 2.45) is 21.7 Å². The quantitative estimate of drug-likeness (QED) is 0.0146. The van der Waals surface area contributed by atoms with Gasteiger partial charge in [0, 0.05) is 27.4 Å². The summed E-state index contributed by atoms with van der Waals surface area (Å²) < 4.78 is 62.9. The third-order valence-corrected chi connectivity index (χ3v) is 16.3. The van der Waals surface area contributed by atoms with Crippen molar-refractivity contribution < 1.29 is 79.5 Å². The van der Waals surface area contributed by atoms with Gasteiger partial charge in [-0.05, 0) is 79.6 Å². The fraction of sp³-hybridized carbons (Fsp3) is 0.917. The number of hydrogen-bond acceptors (Lipinski definition) is 15. The van der Waals surface area contributed by atoms with Gasteiger partial charge in [-0.1, -0.05) is 85.0 Å². The van der Waals surface area contributed by atoms with Gasteiger partial charge in [0.2, 0.25) is 0 Å². The molecule has 0 aliphatic rings. The second kappa shape index (κ2) is 32.1. The predicted octanol–water partition coefficient (Wildman–Crippen LogP) is 8.97. The van der Waals surface area contributed by atoms with Gasteiger partial charge in [-0.2, -0.15) is 0 Å². The Morgan fingerprint density at radius 2 is 0.985 bits per heavy atom. The van der Waals surface area contributed by atoms with Crippen LogP contribution in [0.4, 0.5) is 0 Å². The molecule has 0 bridgehead atoms. The van der Waals surface area contributed by atoms with Gasteiger partial charge in [-0.3, -0.25) is 28.2 Å². The number of hydrogen-bond donors (Lipinski definition) is 2. The number of aliphatic hydroxyl groups excluding tert-OH is 1. The first-order valence-corrected chi connectivity index (χ1v) is 28.1. The summed E-state index contributed by atoms with van der Waals surface area (Å²) in [6.45, 7) is 13.6. The lowest BCUT2D eigenvalue weighted by Gasteiger charge is -2.43. The normalized spacial score (nSPS) is 17.2. The minimum Gasteiger partial charge on any atom is -0.465 e. The Bertz CT molecular complexity index is 1470. The molecule has 396 valence electrons. The number of carbonyl (C=O) groups excluding carboxylic acids is 4. The molecule has 0 heterocycles. The summed E-state index contributed by atoms with van der Waals surface area (Å²) in [7, 11) is 2.90. The van der Waals surface area contributed by atoms with E-state index in [0.717, 1.165) is 25.7 Å². The van der Waals surface area contributed by atoms with Gasteiger partial charge in [0.25, 0.3) is 0 Å². The summed E-state index contributed by atoms with van der Waals surface area (Å²) in [6.07, 6.45) is 11.0. The van der Waals surface area contributed by atoms with Gasteiger partial charge >= 0.3 is 40.5 Å². The molecule has 0 aromatic carbocycles. The number of unbranched alkanes of at least 4 members (excludes halogenated alkanes) is 9. The van der Waals surface area contributed by atoms with Crippen LogP contribution in [0.5, 0.6) is 0 Å². The molecule has 0 aliphatic carbocycles. The number of esters is 4. The molecule has 67 heavy (non-hydrogen) atoms. The van der Waals surface area contributed by atoms with Crippen LogP contribution in [0, 0.1) is 21.7 Å². The van der Waals surface area contributed by atoms with Crippen molar-refractivity contribution in [1.29, 1.82) is 0 Å². The Labute approximate surface area is 405 Å². The average molecular weight is 1000 g/mol. The minimum atomic E-state index is -4.43. The second-order valence-corrected chi connectivity index (χ2v) is 25.0. The highest BCUT2D eigenvalue weighted by atomic mass is 31.2. The van der Waals surface area contributed by atoms with E-state index in [1.54, 1.807) is 27.7 Å². The lowest BCUT2D eigenvalue weighted by atomic mass is 9.60. The lowest BCUT2D eigenvalue weighted by molar-refractivity contribution is -0.870. The molecule has 0 saturated carbocycles. The molecule has 0 radical (unpaired) electrons. The molecule has 0 aromatic heterocycles. The molecule has 0 saturated heterocycles. The Morgan fingerprint density at radius 1 is 0.567 bits per heavy atom. The molecule has 6 atom stereocenters. The minimum absolute atomic E-state index is 0.0237. The monoisotopic (exact) mass is 1000 g/mol. The first kappa shape index (κ1) is 65.0. The highest BCUT2D eigenvalue weighted by Gasteiger charge is 2.54. The molecule has 0 fully saturated rings. The number of ether oxygens (including phenoxy) is 4. The van der Waals surface area contributed by atoms with Crippen molar-refractivity contribution in [2.75, 3.05) is 88.7 Å². The summed E-state index contributed by atoms with van der Waals surface area (Å²) in [5.41, 5.74) is -5.63. The van der Waals surface area contributed by atoms with Crippen LogP contribution in [0.25, 0.3) is 0 Å². The number of rotatable bonds is 41. The van der Waals surface area contributed by atoms with E-state index < -0.39 is 74.9 Å². The topological polar surface area (TPSA) is 209 Å². The van der Waals surface area contributed by atoms with E-state index in [9.17, 15) is 33.7 Å². The lowest BCUT2D eigenvalue weighted by Crippen LogP contribution is -2.48. The van der Waals surface area contributed by atoms with Crippen molar-refractivity contribution in [1.82, 2.24) is 0 Å². The fourth-order valence-corrected chi connectivity index (χ4v) is 10.9. The van der Waals surface area contributed by atoms with Crippen LogP contribution in [-0.4, -0.2) is 142 Å². The van der Waals surface area contributed by atoms with E-state index >= 15 is 0 Å². The molecule has 0 spiro atoms. The van der Waals surface area contributed by atoms with Gasteiger partial charge in [0.05, 0.1) is 68.7 Å². The van der Waals surface area contributed by atoms with E-state index in [-0.39, 0.29) is 65.1 Å². The summed E-state index contributed by atoms with van der Waals surface area (Å²) in [5, 5.41) is 10.1. The first-order valence-electron chi connectivity index (χ1n) is 24.7. The van der Waals surface area contributed by atoms with E-state index in [0.29, 0.717) is 36.3 Å². The maximum atomic E-state index is 14.6. The van der Waals surface area contributed by atoms with Crippen LogP contribution in [0.1, 0.15) is 165 Å². The van der Waals surface area contributed by atoms with E-state index in [1.165, 1.54) is 60.4 Å². The zero-order valence-corrected chi connectivity index (χ0v) is 46.2. The van der Waals surface area contributed by atoms with Crippen LogP contribution in [0.3, 0.4) is 0 Å². The molecule has 0 amide bonds. The number of phosphoric ester groups is 1. The summed E-state index contributed by atoms with van der Waals surface area (Å²) in [4.78, 5) is 67.3. The summed E-state index contributed by atoms with van der Waals surface area (Å²) >= 11 is 0. The SMILES string of the molecule is CCCCCCCCCCCCOC(=O)C(C)(CC(C)(CCC)C(=O)OCCOP(=O)(O)OCC[N+](C)(C)C)CC(C)(CC(C)(CC)C(=O)OCCC[Si](OC)(OC)OC)C(=O)OCC(C)O. The van der Waals surface area contributed by atoms with Crippen LogP contribution in [0.2, 0.25) is 6.04 Å². The zero-order chi connectivity index (χ0) is 51.4. The van der Waals surface area contributed by atoms with Crippen molar-refractivity contribution in [3.05, 3.63) is 0 Å². The number of phosphoric acid groups is 1. The van der Waals surface area contributed by atoms with Crippen molar-refractivity contribution >= 4 is 40.5 Å². The van der Waals surface area contributed by atoms with Crippen molar-refractivity contribution in [2.45, 2.75) is 177 Å². The molecule has 17 nitrogen and oxygen atoms in total. The maximum absolute atomic E-state index is 14.6. The highest BCUT2D eigenvalue weighted by Crippen LogP contribution is 2.51. The van der Waals surface area contributed by atoms with Crippen molar-refractivity contribution in [3.63, 3.8) is 0 Å². The standard InChI is InChI=1S/C48H94NO16PSi/c1-15-18-19-20-21-22-23-24-25-26-30-60-43(53)48(8,38-46(6,28-16-2)42(52)62-33-34-65-66(55,56)64-32-29-49(9,10)11)39-47(7,44(54)63-36-40(4)50)37-45(5,17-3)41(51)61-31-27-35-67(57-12,58-13)59-14/h40,50H,15-39H2,1-14H3/p+1. The molecule has 0 aliphatic heterocycles.